The predicted molar refractivity (Wildman–Crippen MR) is 98.3 cm³/mol. The molecule has 2 aromatic rings. The summed E-state index contributed by atoms with van der Waals surface area (Å²) >= 11 is 5.32. The third-order valence-corrected chi connectivity index (χ3v) is 3.90. The molecule has 0 saturated carbocycles. The maximum atomic E-state index is 14.2. The lowest BCUT2D eigenvalue weighted by Crippen LogP contribution is -2.16. The molecule has 13 heteroatoms. The summed E-state index contributed by atoms with van der Waals surface area (Å²) in [6.45, 7) is 1.14. The number of aliphatic imine (C=N–C) groups is 1. The number of rotatable bonds is 6. The second kappa shape index (κ2) is 9.51. The quantitative estimate of drug-likeness (QED) is 0.129. The number of esters is 1. The molecule has 0 unspecified atom stereocenters. The molecule has 0 radical (unpaired) electrons. The highest BCUT2D eigenvalue weighted by Crippen LogP contribution is 2.29. The summed E-state index contributed by atoms with van der Waals surface area (Å²) < 4.78 is 73.3. The van der Waals surface area contributed by atoms with Crippen LogP contribution in [-0.2, 0) is 9.53 Å². The van der Waals surface area contributed by atoms with Crippen LogP contribution in [0.25, 0.3) is 5.76 Å². The molecular weight excluding hydrogens is 453 g/mol. The highest BCUT2D eigenvalue weighted by molar-refractivity contribution is 6.31. The van der Waals surface area contributed by atoms with Crippen molar-refractivity contribution in [1.82, 2.24) is 4.98 Å². The molecule has 7 nitrogen and oxygen atoms in total. The van der Waals surface area contributed by atoms with Gasteiger partial charge in [0.2, 0.25) is 0 Å². The molecule has 0 spiro atoms. The average Bonchev–Trinajstić information content (AvgIpc) is 2.70. The molecule has 1 amide bonds. The molecule has 1 heterocycles. The molecule has 0 bridgehead atoms. The van der Waals surface area contributed by atoms with E-state index >= 15 is 0 Å². The number of nitrogens with two attached hydrogens (primary N) is 1. The Morgan fingerprint density at radius 2 is 1.81 bits per heavy atom. The molecule has 3 N–H and O–H groups in total. The lowest BCUT2D eigenvalue weighted by molar-refractivity contribution is -0.137. The Kier molecular flexibility index (Phi) is 7.28. The summed E-state index contributed by atoms with van der Waals surface area (Å²) in [6, 6.07) is 0.447. The maximum absolute atomic E-state index is 14.2. The summed E-state index contributed by atoms with van der Waals surface area (Å²) in [6.07, 6.45) is 0.427. The van der Waals surface area contributed by atoms with Crippen LogP contribution in [0.4, 0.5) is 27.8 Å². The number of hydrogen-bond donors (Lipinski definition) is 2. The van der Waals surface area contributed by atoms with Gasteiger partial charge in [0.1, 0.15) is 16.4 Å². The van der Waals surface area contributed by atoms with Crippen LogP contribution in [0.2, 0.25) is 5.02 Å². The molecule has 164 valence electrons. The van der Waals surface area contributed by atoms with Crippen molar-refractivity contribution in [2.45, 2.75) is 6.92 Å². The van der Waals surface area contributed by atoms with Gasteiger partial charge in [0.25, 0.3) is 5.91 Å². The van der Waals surface area contributed by atoms with E-state index in [0.29, 0.717) is 6.21 Å². The first kappa shape index (κ1) is 23.7. The van der Waals surface area contributed by atoms with Gasteiger partial charge < -0.3 is 15.6 Å². The van der Waals surface area contributed by atoms with Crippen molar-refractivity contribution in [3.63, 3.8) is 0 Å². The van der Waals surface area contributed by atoms with Crippen LogP contribution in [0.15, 0.2) is 22.7 Å². The first-order chi connectivity index (χ1) is 14.5. The minimum absolute atomic E-state index is 0.209. The average molecular weight is 464 g/mol. The van der Waals surface area contributed by atoms with Crippen LogP contribution in [0.5, 0.6) is 0 Å². The van der Waals surface area contributed by atoms with Gasteiger partial charge in [0.05, 0.1) is 12.2 Å². The maximum Gasteiger partial charge on any atom is 0.343 e. The summed E-state index contributed by atoms with van der Waals surface area (Å²) in [7, 11) is 0. The van der Waals surface area contributed by atoms with E-state index in [-0.39, 0.29) is 18.7 Å². The van der Waals surface area contributed by atoms with Crippen LogP contribution >= 0.6 is 11.6 Å². The topological polar surface area (TPSA) is 115 Å². The number of hydrogen-bond acceptors (Lipinski definition) is 6. The summed E-state index contributed by atoms with van der Waals surface area (Å²) in [5, 5.41) is 8.98. The Bertz CT molecular complexity index is 1140. The van der Waals surface area contributed by atoms with Gasteiger partial charge >= 0.3 is 5.97 Å². The number of carbonyl (C=O) groups is 2. The van der Waals surface area contributed by atoms with Crippen LogP contribution < -0.4 is 5.73 Å². The van der Waals surface area contributed by atoms with E-state index in [1.54, 1.807) is 0 Å². The van der Waals surface area contributed by atoms with E-state index < -0.39 is 74.4 Å². The Labute approximate surface area is 175 Å². The monoisotopic (exact) mass is 463 g/mol. The van der Waals surface area contributed by atoms with E-state index in [1.165, 1.54) is 6.92 Å². The highest BCUT2D eigenvalue weighted by Gasteiger charge is 2.24. The number of nitrogens with zero attached hydrogens (tertiary/aromatic N) is 2. The molecule has 2 rings (SSSR count). The van der Waals surface area contributed by atoms with Gasteiger partial charge in [-0.1, -0.05) is 11.6 Å². The number of carbonyl (C=O) groups excluding carboxylic acids is 2. The minimum atomic E-state index is -1.74. The lowest BCUT2D eigenvalue weighted by Gasteiger charge is -2.09. The molecular formula is C18H11ClF5N3O4. The van der Waals surface area contributed by atoms with Crippen molar-refractivity contribution in [2.75, 3.05) is 6.61 Å². The van der Waals surface area contributed by atoms with Gasteiger partial charge in [0.15, 0.2) is 40.6 Å². The van der Waals surface area contributed by atoms with Crippen molar-refractivity contribution < 1.29 is 41.4 Å². The van der Waals surface area contributed by atoms with Crippen molar-refractivity contribution >= 4 is 41.3 Å². The second-order valence-corrected chi connectivity index (χ2v) is 5.96. The fourth-order valence-electron chi connectivity index (χ4n) is 2.16. The lowest BCUT2D eigenvalue weighted by atomic mass is 10.1. The first-order valence-electron chi connectivity index (χ1n) is 8.13. The Morgan fingerprint density at radius 1 is 1.16 bits per heavy atom. The zero-order chi connectivity index (χ0) is 23.5. The number of pyridine rings is 1. The van der Waals surface area contributed by atoms with E-state index in [0.717, 1.165) is 0 Å². The number of benzene rings is 1. The summed E-state index contributed by atoms with van der Waals surface area (Å²) in [5.41, 5.74) is 1.94. The van der Waals surface area contributed by atoms with Gasteiger partial charge in [-0.05, 0) is 13.0 Å². The molecule has 0 aliphatic rings. The van der Waals surface area contributed by atoms with Crippen molar-refractivity contribution in [3.05, 3.63) is 63.1 Å². The van der Waals surface area contributed by atoms with Gasteiger partial charge in [-0.2, -0.15) is 0 Å². The standard InChI is InChI=1S/C18H11ClF5N3O4/c1-2-31-18(30)7(15(28)6-3-8(20)13(24)11(19)12(6)23)5-26-17-10(22)4-9(21)14(27-17)16(25)29/h3-5,28H,2H2,1H3,(H2,25,29). The van der Waals surface area contributed by atoms with Crippen molar-refractivity contribution in [2.24, 2.45) is 10.7 Å². The Balaban J connectivity index is 2.68. The van der Waals surface area contributed by atoms with E-state index in [1.807, 2.05) is 0 Å². The number of aromatic nitrogens is 1. The molecule has 0 fully saturated rings. The van der Waals surface area contributed by atoms with E-state index in [2.05, 4.69) is 14.7 Å². The van der Waals surface area contributed by atoms with Crippen LogP contribution in [0.3, 0.4) is 0 Å². The third kappa shape index (κ3) is 4.97. The van der Waals surface area contributed by atoms with Gasteiger partial charge in [-0.25, -0.2) is 36.7 Å². The fourth-order valence-corrected chi connectivity index (χ4v) is 2.35. The SMILES string of the molecule is CCOC(=O)C(C=Nc1nc(C(N)=O)c(F)cc1F)=C(O)c1cc(F)c(F)c(Cl)c1F. The molecule has 1 aromatic heterocycles. The minimum Gasteiger partial charge on any atom is -0.506 e. The number of amides is 1. The molecule has 0 aliphatic carbocycles. The zero-order valence-electron chi connectivity index (χ0n) is 15.4. The normalized spacial score (nSPS) is 12.1. The number of halogens is 6. The Morgan fingerprint density at radius 3 is 2.39 bits per heavy atom. The molecule has 0 saturated heterocycles. The second-order valence-electron chi connectivity index (χ2n) is 5.58. The number of primary amides is 1. The number of aliphatic hydroxyl groups excluding tert-OH is 1. The number of ether oxygens (including phenoxy) is 1. The molecule has 0 atom stereocenters. The Hall–Kier alpha value is -3.54. The highest BCUT2D eigenvalue weighted by atomic mass is 35.5. The largest absolute Gasteiger partial charge is 0.506 e. The summed E-state index contributed by atoms with van der Waals surface area (Å²) in [4.78, 5) is 29.9. The molecule has 1 aromatic carbocycles. The molecule has 31 heavy (non-hydrogen) atoms. The third-order valence-electron chi connectivity index (χ3n) is 3.57. The van der Waals surface area contributed by atoms with Crippen LogP contribution in [-0.4, -0.2) is 34.8 Å². The molecule has 0 aliphatic heterocycles. The van der Waals surface area contributed by atoms with Gasteiger partial charge in [-0.15, -0.1) is 0 Å². The van der Waals surface area contributed by atoms with Crippen molar-refractivity contribution in [1.29, 1.82) is 0 Å². The van der Waals surface area contributed by atoms with Gasteiger partial charge in [-0.3, -0.25) is 4.79 Å². The van der Waals surface area contributed by atoms with Gasteiger partial charge in [0, 0.05) is 12.3 Å². The smallest absolute Gasteiger partial charge is 0.343 e. The predicted octanol–water partition coefficient (Wildman–Crippen LogP) is 3.76. The first-order valence-corrected chi connectivity index (χ1v) is 8.50. The van der Waals surface area contributed by atoms with E-state index in [4.69, 9.17) is 17.3 Å². The van der Waals surface area contributed by atoms with Crippen LogP contribution in [0, 0.1) is 29.1 Å². The van der Waals surface area contributed by atoms with Crippen LogP contribution in [0.1, 0.15) is 23.0 Å². The van der Waals surface area contributed by atoms with Crippen molar-refractivity contribution in [3.8, 4) is 0 Å². The van der Waals surface area contributed by atoms with E-state index in [9.17, 15) is 36.6 Å². The number of aliphatic hydroxyl groups is 1. The summed E-state index contributed by atoms with van der Waals surface area (Å²) in [5.74, 6) is -12.7. The fraction of sp³-hybridized carbons (Fsp3) is 0.111. The zero-order valence-corrected chi connectivity index (χ0v) is 16.1.